The molecule has 2 aromatic rings. The Morgan fingerprint density at radius 1 is 1.25 bits per heavy atom. The van der Waals surface area contributed by atoms with E-state index in [0.29, 0.717) is 10.0 Å². The molecule has 0 bridgehead atoms. The van der Waals surface area contributed by atoms with Crippen LogP contribution in [0.4, 0.5) is 4.39 Å². The molecule has 1 unspecified atom stereocenters. The Labute approximate surface area is 127 Å². The third-order valence-corrected chi connectivity index (χ3v) is 3.75. The van der Waals surface area contributed by atoms with Gasteiger partial charge in [0.05, 0.1) is 10.5 Å². The molecule has 0 aliphatic carbocycles. The molecule has 0 aliphatic heterocycles. The normalized spacial score (nSPS) is 12.4. The fraction of sp³-hybridized carbons (Fsp3) is 0.312. The van der Waals surface area contributed by atoms with Gasteiger partial charge in [0.25, 0.3) is 0 Å². The van der Waals surface area contributed by atoms with E-state index in [4.69, 9.17) is 0 Å². The summed E-state index contributed by atoms with van der Waals surface area (Å²) in [5.74, 6) is -0.217. The molecule has 0 saturated heterocycles. The molecule has 1 heterocycles. The fourth-order valence-electron chi connectivity index (χ4n) is 2.39. The molecule has 1 N–H and O–H groups in total. The fourth-order valence-corrected chi connectivity index (χ4v) is 2.77. The lowest BCUT2D eigenvalue weighted by Crippen LogP contribution is -2.23. The number of rotatable bonds is 4. The van der Waals surface area contributed by atoms with Gasteiger partial charge in [0.15, 0.2) is 0 Å². The van der Waals surface area contributed by atoms with Crippen molar-refractivity contribution in [1.82, 2.24) is 10.3 Å². The third-order valence-electron chi connectivity index (χ3n) is 3.14. The van der Waals surface area contributed by atoms with E-state index in [9.17, 15) is 4.39 Å². The molecule has 1 aromatic heterocycles. The van der Waals surface area contributed by atoms with E-state index in [-0.39, 0.29) is 11.9 Å². The zero-order valence-corrected chi connectivity index (χ0v) is 13.5. The lowest BCUT2D eigenvalue weighted by Gasteiger charge is -2.20. The molecule has 0 spiro atoms. The molecule has 0 amide bonds. The number of aryl methyl sites for hydroxylation is 2. The zero-order chi connectivity index (χ0) is 14.7. The van der Waals surface area contributed by atoms with Crippen molar-refractivity contribution in [3.63, 3.8) is 0 Å². The smallest absolute Gasteiger partial charge is 0.142 e. The largest absolute Gasteiger partial charge is 0.306 e. The van der Waals surface area contributed by atoms with E-state index >= 15 is 0 Å². The van der Waals surface area contributed by atoms with Crippen LogP contribution >= 0.6 is 15.9 Å². The monoisotopic (exact) mass is 336 g/mol. The topological polar surface area (TPSA) is 24.9 Å². The van der Waals surface area contributed by atoms with Crippen molar-refractivity contribution in [2.75, 3.05) is 6.54 Å². The van der Waals surface area contributed by atoms with Gasteiger partial charge in [-0.05, 0) is 60.1 Å². The Kier molecular flexibility index (Phi) is 4.89. The van der Waals surface area contributed by atoms with Crippen molar-refractivity contribution in [2.24, 2.45) is 0 Å². The van der Waals surface area contributed by atoms with E-state index in [1.165, 1.54) is 0 Å². The van der Waals surface area contributed by atoms with Crippen LogP contribution in [0.1, 0.15) is 35.5 Å². The van der Waals surface area contributed by atoms with Crippen molar-refractivity contribution in [3.05, 3.63) is 63.1 Å². The van der Waals surface area contributed by atoms with Gasteiger partial charge >= 0.3 is 0 Å². The Morgan fingerprint density at radius 3 is 2.50 bits per heavy atom. The summed E-state index contributed by atoms with van der Waals surface area (Å²) in [4.78, 5) is 4.38. The molecular weight excluding hydrogens is 319 g/mol. The number of benzene rings is 1. The Hall–Kier alpha value is -1.26. The predicted octanol–water partition coefficient (Wildman–Crippen LogP) is 4.30. The summed E-state index contributed by atoms with van der Waals surface area (Å²) in [5.41, 5.74) is 3.57. The van der Waals surface area contributed by atoms with Crippen LogP contribution < -0.4 is 5.32 Å². The average Bonchev–Trinajstić information content (AvgIpc) is 2.38. The molecular formula is C16H18BrFN2. The van der Waals surface area contributed by atoms with Gasteiger partial charge in [-0.25, -0.2) is 4.39 Å². The highest BCUT2D eigenvalue weighted by Gasteiger charge is 2.19. The zero-order valence-electron chi connectivity index (χ0n) is 11.9. The predicted molar refractivity (Wildman–Crippen MR) is 83.3 cm³/mol. The van der Waals surface area contributed by atoms with E-state index in [1.807, 2.05) is 45.0 Å². The summed E-state index contributed by atoms with van der Waals surface area (Å²) in [6.45, 7) is 6.69. The first-order chi connectivity index (χ1) is 9.52. The van der Waals surface area contributed by atoms with Gasteiger partial charge in [-0.15, -0.1) is 0 Å². The number of nitrogens with one attached hydrogen (secondary N) is 1. The minimum absolute atomic E-state index is 0.169. The highest BCUT2D eigenvalue weighted by Crippen LogP contribution is 2.28. The van der Waals surface area contributed by atoms with Gasteiger partial charge in [-0.1, -0.05) is 19.1 Å². The number of halogens is 2. The highest BCUT2D eigenvalue weighted by atomic mass is 79.9. The quantitative estimate of drug-likeness (QED) is 0.900. The standard InChI is InChI=1S/C16H18BrFN2/c1-4-19-16(12-8-10(2)20-11(3)9-12)13-6-5-7-14(17)15(13)18/h5-9,16,19H,4H2,1-3H3. The summed E-state index contributed by atoms with van der Waals surface area (Å²) in [7, 11) is 0. The number of aromatic nitrogens is 1. The van der Waals surface area contributed by atoms with Gasteiger partial charge in [0, 0.05) is 17.0 Å². The molecule has 106 valence electrons. The lowest BCUT2D eigenvalue weighted by molar-refractivity contribution is 0.554. The Bertz CT molecular complexity index is 593. The summed E-state index contributed by atoms with van der Waals surface area (Å²) in [6, 6.07) is 9.22. The molecule has 1 atom stereocenters. The van der Waals surface area contributed by atoms with Crippen LogP contribution in [0.25, 0.3) is 0 Å². The van der Waals surface area contributed by atoms with Crippen molar-refractivity contribution < 1.29 is 4.39 Å². The van der Waals surface area contributed by atoms with Crippen LogP contribution in [-0.2, 0) is 0 Å². The van der Waals surface area contributed by atoms with Crippen molar-refractivity contribution in [3.8, 4) is 0 Å². The SMILES string of the molecule is CCNC(c1cc(C)nc(C)c1)c1cccc(Br)c1F. The second kappa shape index (κ2) is 6.46. The lowest BCUT2D eigenvalue weighted by atomic mass is 9.97. The van der Waals surface area contributed by atoms with Gasteiger partial charge in [0.2, 0.25) is 0 Å². The first kappa shape index (κ1) is 15.1. The third kappa shape index (κ3) is 3.25. The summed E-state index contributed by atoms with van der Waals surface area (Å²) in [6.07, 6.45) is 0. The number of hydrogen-bond acceptors (Lipinski definition) is 2. The van der Waals surface area contributed by atoms with Crippen LogP contribution in [-0.4, -0.2) is 11.5 Å². The molecule has 4 heteroatoms. The molecule has 0 saturated carbocycles. The van der Waals surface area contributed by atoms with Crippen LogP contribution in [0.2, 0.25) is 0 Å². The second-order valence-electron chi connectivity index (χ2n) is 4.82. The minimum atomic E-state index is -0.217. The van der Waals surface area contributed by atoms with Crippen molar-refractivity contribution in [2.45, 2.75) is 26.8 Å². The maximum absolute atomic E-state index is 14.4. The van der Waals surface area contributed by atoms with Crippen LogP contribution in [0.5, 0.6) is 0 Å². The van der Waals surface area contributed by atoms with Crippen molar-refractivity contribution >= 4 is 15.9 Å². The second-order valence-corrected chi connectivity index (χ2v) is 5.67. The average molecular weight is 337 g/mol. The molecule has 0 aliphatic rings. The van der Waals surface area contributed by atoms with Crippen LogP contribution in [0, 0.1) is 19.7 Å². The van der Waals surface area contributed by atoms with E-state index in [2.05, 4.69) is 26.2 Å². The molecule has 2 nitrogen and oxygen atoms in total. The molecule has 2 rings (SSSR count). The molecule has 1 aromatic carbocycles. The number of pyridine rings is 1. The minimum Gasteiger partial charge on any atom is -0.306 e. The Balaban J connectivity index is 2.53. The van der Waals surface area contributed by atoms with Crippen LogP contribution in [0.3, 0.4) is 0 Å². The maximum atomic E-state index is 14.4. The van der Waals surface area contributed by atoms with Crippen molar-refractivity contribution in [1.29, 1.82) is 0 Å². The first-order valence-corrected chi connectivity index (χ1v) is 7.44. The molecule has 20 heavy (non-hydrogen) atoms. The van der Waals surface area contributed by atoms with Gasteiger partial charge in [-0.2, -0.15) is 0 Å². The molecule has 0 fully saturated rings. The van der Waals surface area contributed by atoms with E-state index < -0.39 is 0 Å². The summed E-state index contributed by atoms with van der Waals surface area (Å²) >= 11 is 3.25. The van der Waals surface area contributed by atoms with E-state index in [1.54, 1.807) is 6.07 Å². The summed E-state index contributed by atoms with van der Waals surface area (Å²) in [5, 5.41) is 3.35. The number of nitrogens with zero attached hydrogens (tertiary/aromatic N) is 1. The highest BCUT2D eigenvalue weighted by molar-refractivity contribution is 9.10. The van der Waals surface area contributed by atoms with E-state index in [0.717, 1.165) is 23.5 Å². The summed E-state index contributed by atoms with van der Waals surface area (Å²) < 4.78 is 14.8. The van der Waals surface area contributed by atoms with Gasteiger partial charge in [-0.3, -0.25) is 4.98 Å². The maximum Gasteiger partial charge on any atom is 0.142 e. The molecule has 0 radical (unpaired) electrons. The van der Waals surface area contributed by atoms with Gasteiger partial charge < -0.3 is 5.32 Å². The van der Waals surface area contributed by atoms with Gasteiger partial charge in [0.1, 0.15) is 5.82 Å². The Morgan fingerprint density at radius 2 is 1.90 bits per heavy atom. The first-order valence-electron chi connectivity index (χ1n) is 6.65. The number of hydrogen-bond donors (Lipinski definition) is 1. The van der Waals surface area contributed by atoms with Crippen LogP contribution in [0.15, 0.2) is 34.8 Å².